The Morgan fingerprint density at radius 1 is 1.19 bits per heavy atom. The van der Waals surface area contributed by atoms with Crippen molar-refractivity contribution in [1.82, 2.24) is 9.88 Å². The van der Waals surface area contributed by atoms with Crippen molar-refractivity contribution < 1.29 is 22.8 Å². The number of imide groups is 1. The van der Waals surface area contributed by atoms with Gasteiger partial charge in [-0.2, -0.15) is 0 Å². The van der Waals surface area contributed by atoms with Crippen LogP contribution in [0.25, 0.3) is 0 Å². The molecule has 3 amide bonds. The first-order chi connectivity index (χ1) is 14.9. The number of pyridine rings is 1. The molecule has 2 N–H and O–H groups in total. The van der Waals surface area contributed by atoms with E-state index < -0.39 is 27.9 Å². The molecule has 9 nitrogen and oxygen atoms in total. The van der Waals surface area contributed by atoms with Gasteiger partial charge in [0.25, 0.3) is 5.91 Å². The van der Waals surface area contributed by atoms with E-state index in [1.165, 1.54) is 29.2 Å². The number of carbonyl (C=O) groups is 3. The van der Waals surface area contributed by atoms with Crippen LogP contribution in [0.15, 0.2) is 53.7 Å². The Bertz CT molecular complexity index is 1130. The van der Waals surface area contributed by atoms with E-state index in [2.05, 4.69) is 4.98 Å². The Labute approximate surface area is 187 Å². The molecule has 10 heteroatoms. The summed E-state index contributed by atoms with van der Waals surface area (Å²) in [7, 11) is -3.90. The third-order valence-corrected chi connectivity index (χ3v) is 5.93. The molecule has 1 saturated heterocycles. The van der Waals surface area contributed by atoms with Gasteiger partial charge in [-0.1, -0.05) is 26.8 Å². The van der Waals surface area contributed by atoms with Crippen LogP contribution in [0.5, 0.6) is 0 Å². The van der Waals surface area contributed by atoms with Crippen molar-refractivity contribution in [3.8, 4) is 0 Å². The minimum absolute atomic E-state index is 0.129. The van der Waals surface area contributed by atoms with Crippen LogP contribution in [-0.4, -0.2) is 42.1 Å². The van der Waals surface area contributed by atoms with E-state index in [-0.39, 0.29) is 41.3 Å². The van der Waals surface area contributed by atoms with Gasteiger partial charge in [0.2, 0.25) is 21.8 Å². The monoisotopic (exact) mass is 458 g/mol. The summed E-state index contributed by atoms with van der Waals surface area (Å²) >= 11 is 0. The number of sulfonamides is 1. The summed E-state index contributed by atoms with van der Waals surface area (Å²) in [5.41, 5.74) is 0.657. The highest BCUT2D eigenvalue weighted by Crippen LogP contribution is 2.29. The van der Waals surface area contributed by atoms with Crippen molar-refractivity contribution >= 4 is 33.4 Å². The first kappa shape index (κ1) is 23.6. The Balaban J connectivity index is 1.91. The second-order valence-electron chi connectivity index (χ2n) is 8.95. The van der Waals surface area contributed by atoms with E-state index in [0.29, 0.717) is 0 Å². The van der Waals surface area contributed by atoms with Crippen LogP contribution in [0, 0.1) is 5.41 Å². The van der Waals surface area contributed by atoms with E-state index in [1.807, 2.05) is 20.8 Å². The van der Waals surface area contributed by atoms with Crippen molar-refractivity contribution in [2.24, 2.45) is 10.6 Å². The average molecular weight is 459 g/mol. The van der Waals surface area contributed by atoms with Crippen molar-refractivity contribution in [2.45, 2.75) is 51.1 Å². The van der Waals surface area contributed by atoms with Crippen molar-refractivity contribution in [3.63, 3.8) is 0 Å². The van der Waals surface area contributed by atoms with Gasteiger partial charge in [-0.25, -0.2) is 18.5 Å². The zero-order chi connectivity index (χ0) is 23.7. The smallest absolute Gasteiger partial charge is 0.257 e. The van der Waals surface area contributed by atoms with Gasteiger partial charge in [-0.3, -0.25) is 19.4 Å². The van der Waals surface area contributed by atoms with Gasteiger partial charge in [0.15, 0.2) is 0 Å². The number of nitrogens with zero attached hydrogens (tertiary/aromatic N) is 3. The minimum Gasteiger partial charge on any atom is -0.326 e. The van der Waals surface area contributed by atoms with E-state index in [0.717, 1.165) is 10.5 Å². The maximum Gasteiger partial charge on any atom is 0.257 e. The number of primary sulfonamides is 1. The highest BCUT2D eigenvalue weighted by atomic mass is 32.2. The molecule has 0 spiro atoms. The predicted molar refractivity (Wildman–Crippen MR) is 118 cm³/mol. The molecule has 170 valence electrons. The van der Waals surface area contributed by atoms with Crippen LogP contribution in [0.3, 0.4) is 0 Å². The third kappa shape index (κ3) is 5.38. The fraction of sp³-hybridized carbons (Fsp3) is 0.364. The van der Waals surface area contributed by atoms with Gasteiger partial charge in [0.1, 0.15) is 6.04 Å². The Kier molecular flexibility index (Phi) is 6.47. The molecule has 2 aromatic rings. The van der Waals surface area contributed by atoms with Crippen LogP contribution in [-0.2, 0) is 31.0 Å². The van der Waals surface area contributed by atoms with E-state index in [9.17, 15) is 22.8 Å². The molecule has 1 atom stereocenters. The summed E-state index contributed by atoms with van der Waals surface area (Å²) in [5.74, 6) is -1.24. The molecule has 1 aromatic heterocycles. The average Bonchev–Trinajstić information content (AvgIpc) is 2.99. The van der Waals surface area contributed by atoms with Crippen molar-refractivity contribution in [2.75, 3.05) is 4.90 Å². The topological polar surface area (TPSA) is 131 Å². The van der Waals surface area contributed by atoms with Crippen LogP contribution in [0.1, 0.15) is 39.2 Å². The maximum absolute atomic E-state index is 13.3. The highest BCUT2D eigenvalue weighted by molar-refractivity contribution is 7.89. The van der Waals surface area contributed by atoms with Gasteiger partial charge in [-0.15, -0.1) is 0 Å². The number of aromatic nitrogens is 1. The number of hydrogen-bond donors (Lipinski definition) is 1. The molecule has 1 fully saturated rings. The zero-order valence-electron chi connectivity index (χ0n) is 18.2. The highest BCUT2D eigenvalue weighted by Gasteiger charge is 2.44. The molecular weight excluding hydrogens is 432 g/mol. The molecule has 32 heavy (non-hydrogen) atoms. The molecule has 0 saturated carbocycles. The summed E-state index contributed by atoms with van der Waals surface area (Å²) in [6.07, 6.45) is 3.27. The SMILES string of the molecule is CC(C)(C)CC(=O)N(Cc1cccnc1)C1CC(=O)N(c2ccc(S(N)(=O)=O)cc2)C1=O. The lowest BCUT2D eigenvalue weighted by Gasteiger charge is -2.30. The molecule has 1 aliphatic heterocycles. The van der Waals surface area contributed by atoms with Crippen LogP contribution in [0.2, 0.25) is 0 Å². The van der Waals surface area contributed by atoms with Crippen molar-refractivity contribution in [1.29, 1.82) is 0 Å². The fourth-order valence-corrected chi connectivity index (χ4v) is 4.05. The third-order valence-electron chi connectivity index (χ3n) is 5.00. The molecule has 0 bridgehead atoms. The predicted octanol–water partition coefficient (Wildman–Crippen LogP) is 1.83. The molecule has 0 radical (unpaired) electrons. The minimum atomic E-state index is -3.90. The molecule has 0 aliphatic carbocycles. The van der Waals surface area contributed by atoms with Crippen LogP contribution in [0.4, 0.5) is 5.69 Å². The fourth-order valence-electron chi connectivity index (χ4n) is 3.53. The van der Waals surface area contributed by atoms with Gasteiger partial charge in [0.05, 0.1) is 17.0 Å². The second kappa shape index (κ2) is 8.79. The normalized spacial score (nSPS) is 17.0. The lowest BCUT2D eigenvalue weighted by molar-refractivity contribution is -0.140. The quantitative estimate of drug-likeness (QED) is 0.657. The largest absolute Gasteiger partial charge is 0.326 e. The Morgan fingerprint density at radius 2 is 1.84 bits per heavy atom. The van der Waals surface area contributed by atoms with Gasteiger partial charge in [0, 0.05) is 25.4 Å². The summed E-state index contributed by atoms with van der Waals surface area (Å²) in [6.45, 7) is 5.92. The molecule has 3 rings (SSSR count). The maximum atomic E-state index is 13.3. The second-order valence-corrected chi connectivity index (χ2v) is 10.5. The first-order valence-electron chi connectivity index (χ1n) is 10.0. The summed E-state index contributed by atoms with van der Waals surface area (Å²) in [4.78, 5) is 45.5. The number of carbonyl (C=O) groups excluding carboxylic acids is 3. The summed E-state index contributed by atoms with van der Waals surface area (Å²) in [6, 6.07) is 7.74. The number of nitrogens with two attached hydrogens (primary N) is 1. The van der Waals surface area contributed by atoms with Crippen LogP contribution < -0.4 is 10.0 Å². The molecule has 1 unspecified atom stereocenters. The van der Waals surface area contributed by atoms with Gasteiger partial charge < -0.3 is 4.90 Å². The lowest BCUT2D eigenvalue weighted by atomic mass is 9.91. The van der Waals surface area contributed by atoms with E-state index in [1.54, 1.807) is 24.5 Å². The molecular formula is C22H26N4O5S. The van der Waals surface area contributed by atoms with Gasteiger partial charge in [-0.05, 0) is 41.3 Å². The Hall–Kier alpha value is -3.11. The van der Waals surface area contributed by atoms with E-state index >= 15 is 0 Å². The number of benzene rings is 1. The van der Waals surface area contributed by atoms with Crippen molar-refractivity contribution in [3.05, 3.63) is 54.4 Å². The number of anilines is 1. The number of rotatable bonds is 6. The first-order valence-corrected chi connectivity index (χ1v) is 11.6. The number of amides is 3. The molecule has 2 heterocycles. The summed E-state index contributed by atoms with van der Waals surface area (Å²) < 4.78 is 23.0. The Morgan fingerprint density at radius 3 is 2.38 bits per heavy atom. The van der Waals surface area contributed by atoms with Gasteiger partial charge >= 0.3 is 0 Å². The zero-order valence-corrected chi connectivity index (χ0v) is 19.0. The number of hydrogen-bond acceptors (Lipinski definition) is 6. The molecule has 1 aromatic carbocycles. The van der Waals surface area contributed by atoms with Crippen LogP contribution >= 0.6 is 0 Å². The van der Waals surface area contributed by atoms with E-state index in [4.69, 9.17) is 5.14 Å². The lowest BCUT2D eigenvalue weighted by Crippen LogP contribution is -2.46. The standard InChI is InChI=1S/C22H26N4O5S/c1-22(2,3)12-20(28)25(14-15-5-4-10-24-13-15)18-11-19(27)26(21(18)29)16-6-8-17(9-7-16)32(23,30)31/h4-10,13,18H,11-12,14H2,1-3H3,(H2,23,30,31). The molecule has 1 aliphatic rings. The summed E-state index contributed by atoms with van der Waals surface area (Å²) in [5, 5.41) is 5.11.